The second-order valence-electron chi connectivity index (χ2n) is 4.86. The molecule has 1 aromatic carbocycles. The van der Waals surface area contributed by atoms with E-state index in [1.807, 2.05) is 7.05 Å². The number of hydrogen-bond donors (Lipinski definition) is 2. The van der Waals surface area contributed by atoms with Gasteiger partial charge in [-0.25, -0.2) is 0 Å². The zero-order valence-corrected chi connectivity index (χ0v) is 13.7. The molecule has 1 aromatic rings. The lowest BCUT2D eigenvalue weighted by Gasteiger charge is -2.13. The molecule has 0 spiro atoms. The SMILES string of the molecule is CNC(C)C.COc1ccc(C(=O)NC(C)=O)c(C(F)(F)F)c1. The molecule has 0 bridgehead atoms. The van der Waals surface area contributed by atoms with Crippen molar-refractivity contribution in [2.24, 2.45) is 0 Å². The first kappa shape index (κ1) is 20.9. The van der Waals surface area contributed by atoms with Gasteiger partial charge in [0.05, 0.1) is 18.2 Å². The van der Waals surface area contributed by atoms with Crippen molar-refractivity contribution in [2.75, 3.05) is 14.2 Å². The number of imide groups is 1. The first-order valence-corrected chi connectivity index (χ1v) is 6.77. The Labute approximate surface area is 133 Å². The Morgan fingerprint density at radius 1 is 1.22 bits per heavy atom. The summed E-state index contributed by atoms with van der Waals surface area (Å²) in [5.74, 6) is -1.86. The molecule has 2 N–H and O–H groups in total. The second kappa shape index (κ2) is 9.14. The summed E-state index contributed by atoms with van der Waals surface area (Å²) in [6, 6.07) is 3.51. The minimum absolute atomic E-state index is 0.0262. The highest BCUT2D eigenvalue weighted by molar-refractivity contribution is 6.05. The van der Waals surface area contributed by atoms with Gasteiger partial charge in [0, 0.05) is 13.0 Å². The fourth-order valence-corrected chi connectivity index (χ4v) is 1.31. The highest BCUT2D eigenvalue weighted by Crippen LogP contribution is 2.34. The monoisotopic (exact) mass is 334 g/mol. The molecule has 0 fully saturated rings. The van der Waals surface area contributed by atoms with Gasteiger partial charge in [-0.3, -0.25) is 14.9 Å². The van der Waals surface area contributed by atoms with Gasteiger partial charge in [-0.05, 0) is 25.2 Å². The third-order valence-corrected chi connectivity index (χ3v) is 2.64. The molecule has 0 saturated heterocycles. The van der Waals surface area contributed by atoms with Crippen molar-refractivity contribution in [3.63, 3.8) is 0 Å². The van der Waals surface area contributed by atoms with Crippen LogP contribution >= 0.6 is 0 Å². The minimum Gasteiger partial charge on any atom is -0.497 e. The Kier molecular flexibility index (Phi) is 8.31. The van der Waals surface area contributed by atoms with Crippen LogP contribution < -0.4 is 15.4 Å². The van der Waals surface area contributed by atoms with Crippen LogP contribution in [-0.2, 0) is 11.0 Å². The van der Waals surface area contributed by atoms with Crippen molar-refractivity contribution in [3.8, 4) is 5.75 Å². The predicted molar refractivity (Wildman–Crippen MR) is 80.3 cm³/mol. The van der Waals surface area contributed by atoms with Gasteiger partial charge in [-0.1, -0.05) is 13.8 Å². The molecule has 0 unspecified atom stereocenters. The Bertz CT molecular complexity index is 543. The quantitative estimate of drug-likeness (QED) is 0.892. The maximum Gasteiger partial charge on any atom is 0.417 e. The number of halogens is 3. The molecule has 5 nitrogen and oxygen atoms in total. The summed E-state index contributed by atoms with van der Waals surface area (Å²) >= 11 is 0. The Morgan fingerprint density at radius 2 is 1.74 bits per heavy atom. The van der Waals surface area contributed by atoms with Crippen LogP contribution in [0, 0.1) is 0 Å². The van der Waals surface area contributed by atoms with E-state index >= 15 is 0 Å². The summed E-state index contributed by atoms with van der Waals surface area (Å²) in [5.41, 5.74) is -1.78. The van der Waals surface area contributed by atoms with E-state index in [0.29, 0.717) is 12.1 Å². The van der Waals surface area contributed by atoms with Crippen molar-refractivity contribution in [1.29, 1.82) is 0 Å². The lowest BCUT2D eigenvalue weighted by Crippen LogP contribution is -2.30. The lowest BCUT2D eigenvalue weighted by molar-refractivity contribution is -0.138. The van der Waals surface area contributed by atoms with E-state index in [1.54, 1.807) is 5.32 Å². The number of hydrogen-bond acceptors (Lipinski definition) is 4. The molecular formula is C15H21F3N2O3. The van der Waals surface area contributed by atoms with Crippen molar-refractivity contribution < 1.29 is 27.5 Å². The summed E-state index contributed by atoms with van der Waals surface area (Å²) in [5, 5.41) is 4.82. The standard InChI is InChI=1S/C11H10F3NO3.C4H11N/c1-6(16)15-10(17)8-4-3-7(18-2)5-9(8)11(12,13)14;1-4(2)5-3/h3-5H,1-2H3,(H,15,16,17);4-5H,1-3H3. The molecule has 130 valence electrons. The number of amides is 2. The largest absolute Gasteiger partial charge is 0.497 e. The fourth-order valence-electron chi connectivity index (χ4n) is 1.31. The minimum atomic E-state index is -4.71. The Morgan fingerprint density at radius 3 is 2.09 bits per heavy atom. The average Bonchev–Trinajstić information content (AvgIpc) is 2.45. The van der Waals surface area contributed by atoms with Gasteiger partial charge < -0.3 is 10.1 Å². The molecule has 0 heterocycles. The molecule has 0 saturated carbocycles. The third-order valence-electron chi connectivity index (χ3n) is 2.64. The zero-order chi connectivity index (χ0) is 18.2. The number of carbonyl (C=O) groups excluding carboxylic acids is 2. The Hall–Kier alpha value is -2.09. The van der Waals surface area contributed by atoms with E-state index in [9.17, 15) is 22.8 Å². The van der Waals surface area contributed by atoms with E-state index in [1.165, 1.54) is 13.2 Å². The first-order chi connectivity index (χ1) is 10.5. The van der Waals surface area contributed by atoms with Crippen LogP contribution in [0.4, 0.5) is 13.2 Å². The topological polar surface area (TPSA) is 67.4 Å². The molecule has 23 heavy (non-hydrogen) atoms. The van der Waals surface area contributed by atoms with E-state index in [2.05, 4.69) is 23.9 Å². The Balaban J connectivity index is 0.000000841. The van der Waals surface area contributed by atoms with Crippen LogP contribution in [0.1, 0.15) is 36.7 Å². The molecule has 2 amide bonds. The molecule has 0 aromatic heterocycles. The molecule has 1 rings (SSSR count). The van der Waals surface area contributed by atoms with Gasteiger partial charge in [-0.2, -0.15) is 13.2 Å². The van der Waals surface area contributed by atoms with Crippen LogP contribution in [0.25, 0.3) is 0 Å². The fraction of sp³-hybridized carbons (Fsp3) is 0.467. The highest BCUT2D eigenvalue weighted by Gasteiger charge is 2.35. The zero-order valence-electron chi connectivity index (χ0n) is 13.7. The van der Waals surface area contributed by atoms with E-state index in [-0.39, 0.29) is 5.75 Å². The number of carbonyl (C=O) groups is 2. The van der Waals surface area contributed by atoms with Crippen LogP contribution in [0.3, 0.4) is 0 Å². The first-order valence-electron chi connectivity index (χ1n) is 6.77. The van der Waals surface area contributed by atoms with E-state index < -0.39 is 29.1 Å². The second-order valence-corrected chi connectivity index (χ2v) is 4.86. The van der Waals surface area contributed by atoms with Crippen molar-refractivity contribution in [3.05, 3.63) is 29.3 Å². The summed E-state index contributed by atoms with van der Waals surface area (Å²) in [6.45, 7) is 5.26. The highest BCUT2D eigenvalue weighted by atomic mass is 19.4. The number of alkyl halides is 3. The molecular weight excluding hydrogens is 313 g/mol. The molecule has 0 aliphatic carbocycles. The summed E-state index contributed by atoms with van der Waals surface area (Å²) in [7, 11) is 3.16. The molecule has 0 aliphatic rings. The molecule has 0 atom stereocenters. The van der Waals surface area contributed by atoms with Gasteiger partial charge in [-0.15, -0.1) is 0 Å². The number of nitrogens with one attached hydrogen (secondary N) is 2. The average molecular weight is 334 g/mol. The van der Waals surface area contributed by atoms with Crippen molar-refractivity contribution >= 4 is 11.8 Å². The van der Waals surface area contributed by atoms with Crippen molar-refractivity contribution in [2.45, 2.75) is 33.0 Å². The lowest BCUT2D eigenvalue weighted by atomic mass is 10.1. The smallest absolute Gasteiger partial charge is 0.417 e. The van der Waals surface area contributed by atoms with Crippen LogP contribution in [0.15, 0.2) is 18.2 Å². The maximum absolute atomic E-state index is 12.7. The van der Waals surface area contributed by atoms with Gasteiger partial charge in [0.2, 0.25) is 5.91 Å². The number of benzene rings is 1. The van der Waals surface area contributed by atoms with Crippen molar-refractivity contribution in [1.82, 2.24) is 10.6 Å². The van der Waals surface area contributed by atoms with Gasteiger partial charge in [0.15, 0.2) is 0 Å². The van der Waals surface area contributed by atoms with Crippen LogP contribution in [0.2, 0.25) is 0 Å². The third kappa shape index (κ3) is 7.64. The van der Waals surface area contributed by atoms with Gasteiger partial charge >= 0.3 is 6.18 Å². The number of rotatable bonds is 3. The normalized spacial score (nSPS) is 10.7. The summed E-state index contributed by atoms with van der Waals surface area (Å²) < 4.78 is 42.9. The summed E-state index contributed by atoms with van der Waals surface area (Å²) in [4.78, 5) is 22.1. The van der Waals surface area contributed by atoms with Gasteiger partial charge in [0.25, 0.3) is 5.91 Å². The summed E-state index contributed by atoms with van der Waals surface area (Å²) in [6.07, 6.45) is -4.71. The van der Waals surface area contributed by atoms with E-state index in [4.69, 9.17) is 0 Å². The van der Waals surface area contributed by atoms with Gasteiger partial charge in [0.1, 0.15) is 5.75 Å². The van der Waals surface area contributed by atoms with Crippen LogP contribution in [-0.4, -0.2) is 32.0 Å². The number of ether oxygens (including phenoxy) is 1. The van der Waals surface area contributed by atoms with Crippen LogP contribution in [0.5, 0.6) is 5.75 Å². The molecule has 0 radical (unpaired) electrons. The predicted octanol–water partition coefficient (Wildman–Crippen LogP) is 2.60. The van der Waals surface area contributed by atoms with E-state index in [0.717, 1.165) is 13.0 Å². The molecule has 0 aliphatic heterocycles. The molecule has 8 heteroatoms. The number of methoxy groups -OCH3 is 1. The maximum atomic E-state index is 12.7.